The number of halogens is 1. The molecule has 3 aromatic rings. The van der Waals surface area contributed by atoms with Gasteiger partial charge in [-0.1, -0.05) is 71.8 Å². The Morgan fingerprint density at radius 3 is 2.41 bits per heavy atom. The van der Waals surface area contributed by atoms with E-state index >= 15 is 0 Å². The van der Waals surface area contributed by atoms with Gasteiger partial charge in [0.05, 0.1) is 5.57 Å². The number of rotatable bonds is 5. The number of carbonyl (C=O) groups excluding carboxylic acids is 1. The number of benzene rings is 3. The standard InChI is InChI=1S/C25H19ClO3/c1-17-6-10-19(11-7-17)24-15-21(25(27)29-24)14-18-8-12-22(13-9-18)28-16-20-4-2-3-5-23(20)26/h2-15H,16H2,1H3/b21-14+. The van der Waals surface area contributed by atoms with Crippen LogP contribution in [-0.4, -0.2) is 5.97 Å². The van der Waals surface area contributed by atoms with E-state index in [2.05, 4.69) is 0 Å². The molecule has 4 heteroatoms. The zero-order valence-corrected chi connectivity index (χ0v) is 16.6. The summed E-state index contributed by atoms with van der Waals surface area (Å²) in [7, 11) is 0. The van der Waals surface area contributed by atoms with Gasteiger partial charge in [0.15, 0.2) is 0 Å². The SMILES string of the molecule is Cc1ccc(C2=C/C(=C\c3ccc(OCc4ccccc4Cl)cc3)C(=O)O2)cc1. The fourth-order valence-corrected chi connectivity index (χ4v) is 3.16. The Hall–Kier alpha value is -3.30. The van der Waals surface area contributed by atoms with Gasteiger partial charge >= 0.3 is 5.97 Å². The molecule has 0 saturated carbocycles. The topological polar surface area (TPSA) is 35.5 Å². The molecule has 1 aliphatic heterocycles. The normalized spacial score (nSPS) is 14.6. The Morgan fingerprint density at radius 2 is 1.69 bits per heavy atom. The van der Waals surface area contributed by atoms with Crippen molar-refractivity contribution in [2.45, 2.75) is 13.5 Å². The maximum absolute atomic E-state index is 12.2. The molecule has 3 nitrogen and oxygen atoms in total. The largest absolute Gasteiger partial charge is 0.489 e. The quantitative estimate of drug-likeness (QED) is 0.376. The number of ether oxygens (including phenoxy) is 2. The first-order valence-electron chi connectivity index (χ1n) is 9.27. The van der Waals surface area contributed by atoms with E-state index in [1.807, 2.05) is 79.7 Å². The fourth-order valence-electron chi connectivity index (χ4n) is 2.97. The van der Waals surface area contributed by atoms with Crippen LogP contribution in [0.15, 0.2) is 84.4 Å². The molecule has 144 valence electrons. The van der Waals surface area contributed by atoms with Crippen molar-refractivity contribution in [1.29, 1.82) is 0 Å². The van der Waals surface area contributed by atoms with Crippen LogP contribution in [0.3, 0.4) is 0 Å². The second-order valence-corrected chi connectivity index (χ2v) is 7.22. The molecular formula is C25H19ClO3. The van der Waals surface area contributed by atoms with Crippen LogP contribution in [0.1, 0.15) is 22.3 Å². The Bertz CT molecular complexity index is 1090. The molecule has 1 heterocycles. The summed E-state index contributed by atoms with van der Waals surface area (Å²) in [5.41, 5.74) is 4.39. The van der Waals surface area contributed by atoms with Crippen molar-refractivity contribution in [3.63, 3.8) is 0 Å². The molecule has 0 amide bonds. The highest BCUT2D eigenvalue weighted by Gasteiger charge is 2.21. The molecular weight excluding hydrogens is 384 g/mol. The van der Waals surface area contributed by atoms with Gasteiger partial charge in [-0.2, -0.15) is 0 Å². The number of hydrogen-bond donors (Lipinski definition) is 0. The third-order valence-electron chi connectivity index (χ3n) is 4.62. The molecule has 0 bridgehead atoms. The summed E-state index contributed by atoms with van der Waals surface area (Å²) < 4.78 is 11.2. The molecule has 0 aromatic heterocycles. The number of hydrogen-bond acceptors (Lipinski definition) is 3. The maximum Gasteiger partial charge on any atom is 0.343 e. The minimum absolute atomic E-state index is 0.348. The Morgan fingerprint density at radius 1 is 0.966 bits per heavy atom. The number of aryl methyl sites for hydroxylation is 1. The first-order valence-corrected chi connectivity index (χ1v) is 9.65. The summed E-state index contributed by atoms with van der Waals surface area (Å²) in [6.07, 6.45) is 3.58. The smallest absolute Gasteiger partial charge is 0.343 e. The van der Waals surface area contributed by atoms with Gasteiger partial charge in [0.2, 0.25) is 0 Å². The lowest BCUT2D eigenvalue weighted by Crippen LogP contribution is -1.97. The second kappa shape index (κ2) is 8.38. The van der Waals surface area contributed by atoms with Crippen molar-refractivity contribution in [2.75, 3.05) is 0 Å². The Labute approximate surface area is 174 Å². The van der Waals surface area contributed by atoms with Crippen LogP contribution < -0.4 is 4.74 Å². The van der Waals surface area contributed by atoms with E-state index in [0.717, 1.165) is 28.0 Å². The lowest BCUT2D eigenvalue weighted by Gasteiger charge is -2.08. The van der Waals surface area contributed by atoms with Crippen molar-refractivity contribution < 1.29 is 14.3 Å². The summed E-state index contributed by atoms with van der Waals surface area (Å²) in [4.78, 5) is 12.2. The third-order valence-corrected chi connectivity index (χ3v) is 4.98. The maximum atomic E-state index is 12.2. The van der Waals surface area contributed by atoms with Crippen molar-refractivity contribution in [3.05, 3.63) is 112 Å². The van der Waals surface area contributed by atoms with E-state index in [4.69, 9.17) is 21.1 Å². The number of cyclic esters (lactones) is 1. The molecule has 0 N–H and O–H groups in total. The fraction of sp³-hybridized carbons (Fsp3) is 0.0800. The molecule has 29 heavy (non-hydrogen) atoms. The minimum Gasteiger partial charge on any atom is -0.489 e. The van der Waals surface area contributed by atoms with Gasteiger partial charge in [-0.15, -0.1) is 0 Å². The monoisotopic (exact) mass is 402 g/mol. The predicted molar refractivity (Wildman–Crippen MR) is 115 cm³/mol. The number of esters is 1. The summed E-state index contributed by atoms with van der Waals surface area (Å²) >= 11 is 6.15. The van der Waals surface area contributed by atoms with Crippen molar-refractivity contribution in [3.8, 4) is 5.75 Å². The van der Waals surface area contributed by atoms with Gasteiger partial charge in [-0.25, -0.2) is 4.79 Å². The lowest BCUT2D eigenvalue weighted by molar-refractivity contribution is -0.130. The van der Waals surface area contributed by atoms with Crippen LogP contribution in [-0.2, 0) is 16.1 Å². The molecule has 0 atom stereocenters. The lowest BCUT2D eigenvalue weighted by atomic mass is 10.1. The molecule has 0 aliphatic carbocycles. The number of carbonyl (C=O) groups is 1. The summed E-state index contributed by atoms with van der Waals surface area (Å²) in [6.45, 7) is 2.42. The molecule has 0 saturated heterocycles. The van der Waals surface area contributed by atoms with E-state index in [9.17, 15) is 4.79 Å². The van der Waals surface area contributed by atoms with E-state index in [1.165, 1.54) is 0 Å². The zero-order chi connectivity index (χ0) is 20.2. The molecule has 0 unspecified atom stereocenters. The van der Waals surface area contributed by atoms with Crippen LogP contribution in [0, 0.1) is 6.92 Å². The first kappa shape index (κ1) is 19.0. The molecule has 4 rings (SSSR count). The van der Waals surface area contributed by atoms with Gasteiger partial charge < -0.3 is 9.47 Å². The van der Waals surface area contributed by atoms with E-state index in [0.29, 0.717) is 23.0 Å². The van der Waals surface area contributed by atoms with E-state index in [1.54, 1.807) is 12.2 Å². The molecule has 0 spiro atoms. The Kier molecular flexibility index (Phi) is 5.50. The first-order chi connectivity index (χ1) is 14.1. The summed E-state index contributed by atoms with van der Waals surface area (Å²) in [5.74, 6) is 0.956. The van der Waals surface area contributed by atoms with Crippen molar-refractivity contribution in [2.24, 2.45) is 0 Å². The van der Waals surface area contributed by atoms with Gasteiger partial charge in [-0.3, -0.25) is 0 Å². The van der Waals surface area contributed by atoms with Crippen molar-refractivity contribution in [1.82, 2.24) is 0 Å². The van der Waals surface area contributed by atoms with E-state index in [-0.39, 0.29) is 5.97 Å². The highest BCUT2D eigenvalue weighted by atomic mass is 35.5. The molecule has 1 aliphatic rings. The average Bonchev–Trinajstić information content (AvgIpc) is 3.09. The molecule has 0 radical (unpaired) electrons. The Balaban J connectivity index is 1.46. The third kappa shape index (κ3) is 4.58. The summed E-state index contributed by atoms with van der Waals surface area (Å²) in [5, 5.41) is 0.685. The minimum atomic E-state index is -0.348. The molecule has 0 fully saturated rings. The van der Waals surface area contributed by atoms with Crippen LogP contribution in [0.25, 0.3) is 11.8 Å². The van der Waals surface area contributed by atoms with E-state index < -0.39 is 0 Å². The molecule has 3 aromatic carbocycles. The zero-order valence-electron chi connectivity index (χ0n) is 15.9. The van der Waals surface area contributed by atoms with Gasteiger partial charge in [-0.05, 0) is 42.8 Å². The van der Waals surface area contributed by atoms with Crippen LogP contribution in [0.5, 0.6) is 5.75 Å². The van der Waals surface area contributed by atoms with Gasteiger partial charge in [0.1, 0.15) is 18.1 Å². The van der Waals surface area contributed by atoms with Crippen LogP contribution in [0.2, 0.25) is 5.02 Å². The van der Waals surface area contributed by atoms with Gasteiger partial charge in [0.25, 0.3) is 0 Å². The summed E-state index contributed by atoms with van der Waals surface area (Å²) in [6, 6.07) is 23.0. The average molecular weight is 403 g/mol. The van der Waals surface area contributed by atoms with Crippen molar-refractivity contribution >= 4 is 29.4 Å². The highest BCUT2D eigenvalue weighted by molar-refractivity contribution is 6.31. The van der Waals surface area contributed by atoms with Crippen LogP contribution >= 0.6 is 11.6 Å². The highest BCUT2D eigenvalue weighted by Crippen LogP contribution is 2.28. The predicted octanol–water partition coefficient (Wildman–Crippen LogP) is 6.21. The van der Waals surface area contributed by atoms with Gasteiger partial charge in [0, 0.05) is 16.1 Å². The second-order valence-electron chi connectivity index (χ2n) is 6.81. The van der Waals surface area contributed by atoms with Crippen LogP contribution in [0.4, 0.5) is 0 Å².